The Bertz CT molecular complexity index is 426. The maximum absolute atomic E-state index is 11.8. The van der Waals surface area contributed by atoms with Gasteiger partial charge in [-0.1, -0.05) is 12.8 Å². The van der Waals surface area contributed by atoms with E-state index >= 15 is 0 Å². The molecule has 2 heteroatoms. The average Bonchev–Trinajstić information content (AvgIpc) is 3.02. The monoisotopic (exact) mass is 217 g/mol. The van der Waals surface area contributed by atoms with Crippen LogP contribution in [0.2, 0.25) is 0 Å². The highest BCUT2D eigenvalue weighted by molar-refractivity contribution is 5.98. The van der Waals surface area contributed by atoms with Gasteiger partial charge >= 0.3 is 0 Å². The van der Waals surface area contributed by atoms with Crippen molar-refractivity contribution in [2.75, 3.05) is 0 Å². The lowest BCUT2D eigenvalue weighted by Crippen LogP contribution is -2.14. The summed E-state index contributed by atoms with van der Waals surface area (Å²) in [6.45, 7) is 3.26. The van der Waals surface area contributed by atoms with Crippen molar-refractivity contribution in [1.29, 1.82) is 0 Å². The van der Waals surface area contributed by atoms with Crippen LogP contribution in [0.15, 0.2) is 6.07 Å². The normalized spacial score (nSPS) is 19.9. The standard InChI is InChI=1S/C14H19NO/c1-10-9-12-13(3-2-4-14(12)16)15(10)8-7-11-5-6-11/h9,11H,2-8H2,1H3. The number of fused-ring (bicyclic) bond motifs is 1. The van der Waals surface area contributed by atoms with Gasteiger partial charge in [0.15, 0.2) is 5.78 Å². The number of aryl methyl sites for hydroxylation is 1. The van der Waals surface area contributed by atoms with Gasteiger partial charge in [-0.25, -0.2) is 0 Å². The van der Waals surface area contributed by atoms with Crippen LogP contribution in [0, 0.1) is 12.8 Å². The van der Waals surface area contributed by atoms with E-state index in [0.29, 0.717) is 5.78 Å². The van der Waals surface area contributed by atoms with Crippen LogP contribution < -0.4 is 0 Å². The predicted molar refractivity (Wildman–Crippen MR) is 63.8 cm³/mol. The van der Waals surface area contributed by atoms with Crippen molar-refractivity contribution in [3.63, 3.8) is 0 Å². The third-order valence-corrected chi connectivity index (χ3v) is 3.99. The first-order valence-electron chi connectivity index (χ1n) is 6.48. The molecule has 0 aliphatic heterocycles. The zero-order chi connectivity index (χ0) is 11.1. The second-order valence-corrected chi connectivity index (χ2v) is 5.31. The molecule has 0 bridgehead atoms. The van der Waals surface area contributed by atoms with Gasteiger partial charge in [-0.2, -0.15) is 0 Å². The minimum atomic E-state index is 0.356. The van der Waals surface area contributed by atoms with Crippen LogP contribution in [0.1, 0.15) is 53.8 Å². The molecular weight excluding hydrogens is 198 g/mol. The average molecular weight is 217 g/mol. The van der Waals surface area contributed by atoms with E-state index in [-0.39, 0.29) is 0 Å². The van der Waals surface area contributed by atoms with Crippen LogP contribution in [-0.2, 0) is 13.0 Å². The van der Waals surface area contributed by atoms with Crippen LogP contribution >= 0.6 is 0 Å². The Morgan fingerprint density at radius 2 is 2.19 bits per heavy atom. The number of rotatable bonds is 3. The van der Waals surface area contributed by atoms with Crippen molar-refractivity contribution in [2.24, 2.45) is 5.92 Å². The van der Waals surface area contributed by atoms with Crippen LogP contribution in [-0.4, -0.2) is 10.4 Å². The molecule has 0 saturated heterocycles. The van der Waals surface area contributed by atoms with Crippen molar-refractivity contribution in [3.8, 4) is 0 Å². The van der Waals surface area contributed by atoms with Crippen LogP contribution in [0.5, 0.6) is 0 Å². The summed E-state index contributed by atoms with van der Waals surface area (Å²) in [6, 6.07) is 2.10. The van der Waals surface area contributed by atoms with Gasteiger partial charge in [0.25, 0.3) is 0 Å². The van der Waals surface area contributed by atoms with Crippen molar-refractivity contribution < 1.29 is 4.79 Å². The lowest BCUT2D eigenvalue weighted by atomic mass is 9.96. The van der Waals surface area contributed by atoms with E-state index in [1.54, 1.807) is 0 Å². The second-order valence-electron chi connectivity index (χ2n) is 5.31. The van der Waals surface area contributed by atoms with E-state index < -0.39 is 0 Å². The molecule has 3 rings (SSSR count). The summed E-state index contributed by atoms with van der Waals surface area (Å²) >= 11 is 0. The van der Waals surface area contributed by atoms with Crippen molar-refractivity contribution in [2.45, 2.75) is 52.0 Å². The summed E-state index contributed by atoms with van der Waals surface area (Å²) in [5.41, 5.74) is 3.61. The molecule has 2 aliphatic carbocycles. The Labute approximate surface area is 96.6 Å². The van der Waals surface area contributed by atoms with Gasteiger partial charge < -0.3 is 4.57 Å². The molecule has 16 heavy (non-hydrogen) atoms. The Morgan fingerprint density at radius 1 is 1.38 bits per heavy atom. The first-order chi connectivity index (χ1) is 7.75. The molecule has 0 unspecified atom stereocenters. The molecule has 0 radical (unpaired) electrons. The Balaban J connectivity index is 1.87. The smallest absolute Gasteiger partial charge is 0.164 e. The molecule has 1 aromatic heterocycles. The number of carbonyl (C=O) groups is 1. The Kier molecular flexibility index (Phi) is 2.38. The summed E-state index contributed by atoms with van der Waals surface area (Å²) in [7, 11) is 0. The Hall–Kier alpha value is -1.05. The molecule has 0 aromatic carbocycles. The molecule has 2 aliphatic rings. The third kappa shape index (κ3) is 1.70. The zero-order valence-corrected chi connectivity index (χ0v) is 9.96. The molecule has 0 atom stereocenters. The van der Waals surface area contributed by atoms with Crippen LogP contribution in [0.3, 0.4) is 0 Å². The topological polar surface area (TPSA) is 22.0 Å². The molecule has 0 N–H and O–H groups in total. The number of carbonyl (C=O) groups excluding carboxylic acids is 1. The lowest BCUT2D eigenvalue weighted by Gasteiger charge is -2.15. The maximum atomic E-state index is 11.8. The van der Waals surface area contributed by atoms with E-state index in [9.17, 15) is 4.79 Å². The van der Waals surface area contributed by atoms with E-state index in [1.807, 2.05) is 0 Å². The molecule has 2 nitrogen and oxygen atoms in total. The molecule has 0 amide bonds. The maximum Gasteiger partial charge on any atom is 0.164 e. The molecule has 0 spiro atoms. The first kappa shape index (κ1) is 10.1. The number of ketones is 1. The number of nitrogens with zero attached hydrogens (tertiary/aromatic N) is 1. The number of hydrogen-bond donors (Lipinski definition) is 0. The van der Waals surface area contributed by atoms with E-state index in [1.165, 1.54) is 30.7 Å². The van der Waals surface area contributed by atoms with Gasteiger partial charge in [-0.05, 0) is 38.2 Å². The molecule has 1 saturated carbocycles. The molecule has 1 fully saturated rings. The van der Waals surface area contributed by atoms with Gasteiger partial charge in [0, 0.05) is 29.9 Å². The predicted octanol–water partition coefficient (Wildman–Crippen LogP) is 3.12. The highest BCUT2D eigenvalue weighted by atomic mass is 16.1. The number of Topliss-reactive ketones (excluding diaryl/α,β-unsaturated/α-hetero) is 1. The quantitative estimate of drug-likeness (QED) is 0.762. The highest BCUT2D eigenvalue weighted by Crippen LogP contribution is 2.34. The van der Waals surface area contributed by atoms with Crippen LogP contribution in [0.25, 0.3) is 0 Å². The second kappa shape index (κ2) is 3.76. The number of aromatic nitrogens is 1. The molecule has 86 valence electrons. The summed E-state index contributed by atoms with van der Waals surface area (Å²) in [6.07, 6.45) is 7.02. The summed E-state index contributed by atoms with van der Waals surface area (Å²) in [4.78, 5) is 11.8. The fraction of sp³-hybridized carbons (Fsp3) is 0.643. The summed E-state index contributed by atoms with van der Waals surface area (Å²) in [5.74, 6) is 1.33. The van der Waals surface area contributed by atoms with Gasteiger partial charge in [-0.3, -0.25) is 4.79 Å². The third-order valence-electron chi connectivity index (χ3n) is 3.99. The van der Waals surface area contributed by atoms with Crippen molar-refractivity contribution in [1.82, 2.24) is 4.57 Å². The zero-order valence-electron chi connectivity index (χ0n) is 9.96. The largest absolute Gasteiger partial charge is 0.348 e. The van der Waals surface area contributed by atoms with Gasteiger partial charge in [-0.15, -0.1) is 0 Å². The van der Waals surface area contributed by atoms with E-state index in [2.05, 4.69) is 17.6 Å². The minimum absolute atomic E-state index is 0.356. The molecule has 1 aromatic rings. The van der Waals surface area contributed by atoms with Gasteiger partial charge in [0.1, 0.15) is 0 Å². The summed E-state index contributed by atoms with van der Waals surface area (Å²) in [5, 5.41) is 0. The van der Waals surface area contributed by atoms with Gasteiger partial charge in [0.05, 0.1) is 0 Å². The van der Waals surface area contributed by atoms with E-state index in [0.717, 1.165) is 37.3 Å². The fourth-order valence-corrected chi connectivity index (χ4v) is 2.82. The van der Waals surface area contributed by atoms with E-state index in [4.69, 9.17) is 0 Å². The summed E-state index contributed by atoms with van der Waals surface area (Å²) < 4.78 is 2.39. The number of hydrogen-bond acceptors (Lipinski definition) is 1. The molecule has 1 heterocycles. The van der Waals surface area contributed by atoms with Gasteiger partial charge in [0.2, 0.25) is 0 Å². The van der Waals surface area contributed by atoms with Crippen LogP contribution in [0.4, 0.5) is 0 Å². The fourth-order valence-electron chi connectivity index (χ4n) is 2.82. The highest BCUT2D eigenvalue weighted by Gasteiger charge is 2.25. The van der Waals surface area contributed by atoms with Crippen molar-refractivity contribution in [3.05, 3.63) is 23.0 Å². The SMILES string of the molecule is Cc1cc2c(n1CCC1CC1)CCCC2=O. The van der Waals surface area contributed by atoms with Crippen molar-refractivity contribution >= 4 is 5.78 Å². The first-order valence-corrected chi connectivity index (χ1v) is 6.48. The lowest BCUT2D eigenvalue weighted by molar-refractivity contribution is 0.0971. The molecular formula is C14H19NO. The Morgan fingerprint density at radius 3 is 2.94 bits per heavy atom. The minimum Gasteiger partial charge on any atom is -0.348 e.